The molecule has 1 atom stereocenters. The number of ether oxygens (including phenoxy) is 1. The number of rotatable bonds is 13. The van der Waals surface area contributed by atoms with Crippen LogP contribution in [0.4, 0.5) is 11.4 Å². The molecular formula is C40H45N7O6S. The lowest BCUT2D eigenvalue weighted by Gasteiger charge is -2.30. The molecule has 1 saturated carbocycles. The summed E-state index contributed by atoms with van der Waals surface area (Å²) in [5.74, 6) is -0.637. The number of carbonyl (C=O) groups excluding carboxylic acids is 5. The summed E-state index contributed by atoms with van der Waals surface area (Å²) in [5, 5.41) is 9.70. The predicted octanol–water partition coefficient (Wildman–Crippen LogP) is 5.76. The summed E-state index contributed by atoms with van der Waals surface area (Å²) in [6.45, 7) is 4.53. The van der Waals surface area contributed by atoms with Gasteiger partial charge in [0.15, 0.2) is 0 Å². The first-order valence-corrected chi connectivity index (χ1v) is 19.4. The van der Waals surface area contributed by atoms with Crippen LogP contribution in [0.25, 0.3) is 10.2 Å². The second-order valence-electron chi connectivity index (χ2n) is 14.6. The van der Waals surface area contributed by atoms with Gasteiger partial charge in [0.2, 0.25) is 11.8 Å². The van der Waals surface area contributed by atoms with E-state index in [4.69, 9.17) is 9.72 Å². The van der Waals surface area contributed by atoms with Gasteiger partial charge in [-0.05, 0) is 101 Å². The molecule has 2 aliphatic heterocycles. The topological polar surface area (TPSA) is 163 Å². The molecule has 282 valence electrons. The fraction of sp³-hybridized carbons (Fsp3) is 0.425. The molecule has 2 aromatic heterocycles. The van der Waals surface area contributed by atoms with Gasteiger partial charge < -0.3 is 20.3 Å². The number of thiazole rings is 1. The molecule has 2 aromatic carbocycles. The van der Waals surface area contributed by atoms with E-state index in [9.17, 15) is 24.0 Å². The number of piperidine rings is 1. The maximum absolute atomic E-state index is 13.4. The number of nitrogens with zero attached hydrogens (tertiary/aromatic N) is 4. The van der Waals surface area contributed by atoms with Crippen LogP contribution >= 0.6 is 11.3 Å². The van der Waals surface area contributed by atoms with Crippen LogP contribution in [0.15, 0.2) is 48.8 Å². The summed E-state index contributed by atoms with van der Waals surface area (Å²) in [6, 6.07) is 9.81. The average Bonchev–Trinajstić information content (AvgIpc) is 3.69. The van der Waals surface area contributed by atoms with E-state index in [0.717, 1.165) is 77.3 Å². The number of fused-ring (bicyclic) bond motifs is 2. The van der Waals surface area contributed by atoms with Crippen LogP contribution in [0.1, 0.15) is 98.9 Å². The molecule has 0 bridgehead atoms. The highest BCUT2D eigenvalue weighted by Gasteiger charge is 2.45. The Bertz CT molecular complexity index is 2110. The zero-order chi connectivity index (χ0) is 37.9. The number of benzene rings is 2. The van der Waals surface area contributed by atoms with E-state index in [-0.39, 0.29) is 29.9 Å². The van der Waals surface area contributed by atoms with Crippen molar-refractivity contribution in [1.82, 2.24) is 25.1 Å². The maximum atomic E-state index is 13.4. The Labute approximate surface area is 317 Å². The van der Waals surface area contributed by atoms with Gasteiger partial charge in [0.1, 0.15) is 11.8 Å². The van der Waals surface area contributed by atoms with Crippen molar-refractivity contribution in [3.05, 3.63) is 76.1 Å². The number of unbranched alkanes of at least 4 members (excludes halogenated alkanes) is 1. The van der Waals surface area contributed by atoms with Crippen molar-refractivity contribution in [1.29, 1.82) is 0 Å². The van der Waals surface area contributed by atoms with Crippen molar-refractivity contribution in [2.45, 2.75) is 70.3 Å². The molecule has 3 N–H and O–H groups in total. The molecule has 7 rings (SSSR count). The average molecular weight is 752 g/mol. The number of hydrogen-bond acceptors (Lipinski definition) is 11. The summed E-state index contributed by atoms with van der Waals surface area (Å²) in [5.41, 5.74) is 4.05. The van der Waals surface area contributed by atoms with Gasteiger partial charge in [-0.1, -0.05) is 6.07 Å². The monoisotopic (exact) mass is 751 g/mol. The molecular weight excluding hydrogens is 707 g/mol. The number of anilines is 2. The van der Waals surface area contributed by atoms with Gasteiger partial charge in [0, 0.05) is 49.6 Å². The Balaban J connectivity index is 0.859. The Kier molecular flexibility index (Phi) is 11.0. The van der Waals surface area contributed by atoms with E-state index in [1.54, 1.807) is 55.1 Å². The van der Waals surface area contributed by atoms with Crippen LogP contribution in [0.3, 0.4) is 0 Å². The second-order valence-corrected chi connectivity index (χ2v) is 15.6. The lowest BCUT2D eigenvalue weighted by molar-refractivity contribution is -0.136. The minimum absolute atomic E-state index is 0.0879. The largest absolute Gasteiger partial charge is 0.494 e. The lowest BCUT2D eigenvalue weighted by atomic mass is 9.82. The first-order valence-electron chi connectivity index (χ1n) is 18.6. The van der Waals surface area contributed by atoms with Crippen molar-refractivity contribution < 1.29 is 28.7 Å². The van der Waals surface area contributed by atoms with E-state index in [1.807, 2.05) is 19.1 Å². The highest BCUT2D eigenvalue weighted by atomic mass is 32.1. The number of aromatic nitrogens is 2. The quantitative estimate of drug-likeness (QED) is 0.113. The van der Waals surface area contributed by atoms with Gasteiger partial charge in [-0.25, -0.2) is 4.98 Å². The van der Waals surface area contributed by atoms with Crippen LogP contribution in [0.2, 0.25) is 0 Å². The Hall–Kier alpha value is -5.21. The van der Waals surface area contributed by atoms with Crippen molar-refractivity contribution in [2.75, 3.05) is 44.4 Å². The normalized spacial score (nSPS) is 20.0. The Morgan fingerprint density at radius 3 is 2.59 bits per heavy atom. The molecule has 4 heterocycles. The molecule has 1 aliphatic carbocycles. The first kappa shape index (κ1) is 37.1. The van der Waals surface area contributed by atoms with Gasteiger partial charge in [-0.3, -0.25) is 39.2 Å². The van der Waals surface area contributed by atoms with Crippen LogP contribution in [0, 0.1) is 12.8 Å². The van der Waals surface area contributed by atoms with Crippen molar-refractivity contribution in [2.24, 2.45) is 5.92 Å². The summed E-state index contributed by atoms with van der Waals surface area (Å²) < 4.78 is 6.63. The SMILES string of the molecule is COc1cc2nc(C3CCC(CN(C)CCCCNc4cccc5c4C(=O)N(C4CCC(=O)NC4=O)C5=O)CC3)sc2cc1NC(=O)c1cncc(C)c1. The van der Waals surface area contributed by atoms with E-state index in [1.165, 1.54) is 0 Å². The zero-order valence-corrected chi connectivity index (χ0v) is 31.6. The van der Waals surface area contributed by atoms with Crippen LogP contribution in [-0.2, 0) is 9.59 Å². The molecule has 14 heteroatoms. The number of carbonyl (C=O) groups is 5. The molecule has 5 amide bonds. The third-order valence-corrected chi connectivity index (χ3v) is 11.8. The van der Waals surface area contributed by atoms with Gasteiger partial charge >= 0.3 is 0 Å². The van der Waals surface area contributed by atoms with Crippen LogP contribution in [0.5, 0.6) is 5.75 Å². The number of amides is 5. The molecule has 0 radical (unpaired) electrons. The summed E-state index contributed by atoms with van der Waals surface area (Å²) >= 11 is 1.69. The van der Waals surface area contributed by atoms with Crippen molar-refractivity contribution in [3.8, 4) is 5.75 Å². The third-order valence-electron chi connectivity index (χ3n) is 10.6. The number of nitrogens with one attached hydrogen (secondary N) is 3. The third kappa shape index (κ3) is 7.85. The fourth-order valence-corrected chi connectivity index (χ4v) is 8.96. The maximum Gasteiger partial charge on any atom is 0.264 e. The molecule has 13 nitrogen and oxygen atoms in total. The van der Waals surface area contributed by atoms with E-state index in [0.29, 0.717) is 41.1 Å². The van der Waals surface area contributed by atoms with E-state index >= 15 is 0 Å². The standard InChI is InChI=1S/C40H45N7O6S/c1-23-17-26(21-41-20-23)36(49)43-29-19-33-30(18-32(29)53-3)44-38(54-33)25-11-9-24(10-12-25)22-46(2)16-5-4-15-42-28-8-6-7-27-35(28)40(52)47(39(27)51)31-13-14-34(48)45-37(31)50/h6-8,17-21,24-25,31,42H,4-5,9-16,22H2,1-3H3,(H,43,49)(H,45,48,50). The highest BCUT2D eigenvalue weighted by molar-refractivity contribution is 7.18. The van der Waals surface area contributed by atoms with E-state index < -0.39 is 29.7 Å². The van der Waals surface area contributed by atoms with Crippen molar-refractivity contribution >= 4 is 62.5 Å². The molecule has 4 aromatic rings. The van der Waals surface area contributed by atoms with Gasteiger partial charge in [-0.15, -0.1) is 11.3 Å². The molecule has 3 aliphatic rings. The molecule has 0 spiro atoms. The minimum Gasteiger partial charge on any atom is -0.494 e. The molecule has 1 saturated heterocycles. The zero-order valence-electron chi connectivity index (χ0n) is 30.8. The number of hydrogen-bond donors (Lipinski definition) is 3. The van der Waals surface area contributed by atoms with Crippen LogP contribution in [-0.4, -0.2) is 89.1 Å². The Morgan fingerprint density at radius 1 is 1.02 bits per heavy atom. The predicted molar refractivity (Wildman–Crippen MR) is 206 cm³/mol. The summed E-state index contributed by atoms with van der Waals surface area (Å²) in [7, 11) is 3.77. The summed E-state index contributed by atoms with van der Waals surface area (Å²) in [4.78, 5) is 76.0. The molecule has 54 heavy (non-hydrogen) atoms. The smallest absolute Gasteiger partial charge is 0.264 e. The minimum atomic E-state index is -0.982. The second kappa shape index (κ2) is 16.0. The molecule has 2 fully saturated rings. The van der Waals surface area contributed by atoms with E-state index in [2.05, 4.69) is 32.9 Å². The summed E-state index contributed by atoms with van der Waals surface area (Å²) in [6.07, 6.45) is 9.82. The van der Waals surface area contributed by atoms with Crippen molar-refractivity contribution in [3.63, 3.8) is 0 Å². The molecule has 1 unspecified atom stereocenters. The number of pyridine rings is 1. The van der Waals surface area contributed by atoms with Gasteiger partial charge in [0.05, 0.1) is 44.7 Å². The van der Waals surface area contributed by atoms with Gasteiger partial charge in [-0.2, -0.15) is 0 Å². The van der Waals surface area contributed by atoms with Crippen LogP contribution < -0.4 is 20.7 Å². The number of imide groups is 2. The Morgan fingerprint density at radius 2 is 1.83 bits per heavy atom. The highest BCUT2D eigenvalue weighted by Crippen LogP contribution is 2.41. The fourth-order valence-electron chi connectivity index (χ4n) is 7.80. The number of methoxy groups -OCH3 is 1. The lowest BCUT2D eigenvalue weighted by Crippen LogP contribution is -2.54. The number of aryl methyl sites for hydroxylation is 1. The van der Waals surface area contributed by atoms with Gasteiger partial charge in [0.25, 0.3) is 17.7 Å². The first-order chi connectivity index (χ1) is 26.1.